The largest absolute Gasteiger partial charge is 0.467 e. The molecule has 0 unspecified atom stereocenters. The molecule has 0 aliphatic rings. The highest BCUT2D eigenvalue weighted by Crippen LogP contribution is 2.23. The van der Waals surface area contributed by atoms with Gasteiger partial charge >= 0.3 is 0 Å². The smallest absolute Gasteiger partial charge is 0.254 e. The van der Waals surface area contributed by atoms with Crippen LogP contribution in [0.5, 0.6) is 0 Å². The first-order valence-electron chi connectivity index (χ1n) is 8.67. The quantitative estimate of drug-likeness (QED) is 0.669. The minimum atomic E-state index is -0.163. The molecule has 2 aromatic heterocycles. The molecular weight excluding hydrogens is 360 g/mol. The molecule has 2 amide bonds. The predicted molar refractivity (Wildman–Crippen MR) is 107 cm³/mol. The Bertz CT molecular complexity index is 944. The number of hydrogen-bond acceptors (Lipinski definition) is 4. The number of aryl methyl sites for hydroxylation is 2. The van der Waals surface area contributed by atoms with Crippen molar-refractivity contribution in [1.29, 1.82) is 0 Å². The number of anilines is 1. The van der Waals surface area contributed by atoms with Gasteiger partial charge in [-0.15, -0.1) is 11.3 Å². The molecule has 0 spiro atoms. The summed E-state index contributed by atoms with van der Waals surface area (Å²) in [5, 5.41) is 2.78. The Morgan fingerprint density at radius 2 is 1.93 bits per heavy atom. The second kappa shape index (κ2) is 8.22. The van der Waals surface area contributed by atoms with Gasteiger partial charge < -0.3 is 14.6 Å². The maximum atomic E-state index is 13.2. The normalized spacial score (nSPS) is 10.6. The summed E-state index contributed by atoms with van der Waals surface area (Å²) in [4.78, 5) is 28.7. The van der Waals surface area contributed by atoms with Gasteiger partial charge in [0.05, 0.1) is 19.4 Å². The molecule has 3 aromatic rings. The number of hydrogen-bond donors (Lipinski definition) is 1. The van der Waals surface area contributed by atoms with Crippen LogP contribution < -0.4 is 5.32 Å². The van der Waals surface area contributed by atoms with Crippen molar-refractivity contribution in [3.63, 3.8) is 0 Å². The number of rotatable bonds is 6. The minimum Gasteiger partial charge on any atom is -0.467 e. The number of benzene rings is 1. The third kappa shape index (κ3) is 4.86. The average molecular weight is 382 g/mol. The predicted octanol–water partition coefficient (Wildman–Crippen LogP) is 4.76. The van der Waals surface area contributed by atoms with Gasteiger partial charge in [0, 0.05) is 27.9 Å². The van der Waals surface area contributed by atoms with E-state index in [0.717, 1.165) is 16.2 Å². The topological polar surface area (TPSA) is 62.6 Å². The summed E-state index contributed by atoms with van der Waals surface area (Å²) in [6.07, 6.45) is 1.61. The van der Waals surface area contributed by atoms with Crippen molar-refractivity contribution in [2.24, 2.45) is 0 Å². The number of furan rings is 1. The van der Waals surface area contributed by atoms with Crippen LogP contribution in [-0.2, 0) is 17.9 Å². The molecule has 2 heterocycles. The summed E-state index contributed by atoms with van der Waals surface area (Å²) in [5.41, 5.74) is 2.09. The van der Waals surface area contributed by atoms with E-state index in [1.54, 1.807) is 34.6 Å². The standard InChI is InChI=1S/C21H22N2O3S/c1-14-6-8-17(11-20(14)22-16(3)24)21(25)23(12-18-5-4-10-26-18)13-19-9-7-15(2)27-19/h4-11H,12-13H2,1-3H3,(H,22,24). The van der Waals surface area contributed by atoms with Crippen LogP contribution in [-0.4, -0.2) is 16.7 Å². The van der Waals surface area contributed by atoms with Crippen LogP contribution in [0, 0.1) is 13.8 Å². The lowest BCUT2D eigenvalue weighted by atomic mass is 10.1. The molecule has 140 valence electrons. The molecule has 0 fully saturated rings. The number of thiophene rings is 1. The molecule has 3 rings (SSSR count). The Labute approximate surface area is 162 Å². The fourth-order valence-electron chi connectivity index (χ4n) is 2.81. The van der Waals surface area contributed by atoms with E-state index in [9.17, 15) is 9.59 Å². The lowest BCUT2D eigenvalue weighted by Crippen LogP contribution is -2.29. The molecule has 1 N–H and O–H groups in total. The average Bonchev–Trinajstić information content (AvgIpc) is 3.27. The zero-order valence-corrected chi connectivity index (χ0v) is 16.4. The Balaban J connectivity index is 1.88. The number of nitrogens with zero attached hydrogens (tertiary/aromatic N) is 1. The Hall–Kier alpha value is -2.86. The lowest BCUT2D eigenvalue weighted by Gasteiger charge is -2.22. The number of carbonyl (C=O) groups excluding carboxylic acids is 2. The zero-order chi connectivity index (χ0) is 19.4. The van der Waals surface area contributed by atoms with Crippen molar-refractivity contribution in [3.8, 4) is 0 Å². The van der Waals surface area contributed by atoms with Gasteiger partial charge in [0.1, 0.15) is 5.76 Å². The van der Waals surface area contributed by atoms with Crippen molar-refractivity contribution in [1.82, 2.24) is 4.90 Å². The van der Waals surface area contributed by atoms with Crippen LogP contribution in [0.2, 0.25) is 0 Å². The van der Waals surface area contributed by atoms with Gasteiger partial charge in [0.15, 0.2) is 0 Å². The van der Waals surface area contributed by atoms with Crippen LogP contribution in [0.25, 0.3) is 0 Å². The van der Waals surface area contributed by atoms with Gasteiger partial charge in [0.25, 0.3) is 5.91 Å². The molecule has 1 aromatic carbocycles. The first-order chi connectivity index (χ1) is 12.9. The number of amides is 2. The van der Waals surface area contributed by atoms with Crippen molar-refractivity contribution < 1.29 is 14.0 Å². The van der Waals surface area contributed by atoms with Crippen LogP contribution in [0.3, 0.4) is 0 Å². The Morgan fingerprint density at radius 3 is 2.56 bits per heavy atom. The third-order valence-electron chi connectivity index (χ3n) is 4.15. The van der Waals surface area contributed by atoms with E-state index in [1.807, 2.05) is 38.1 Å². The Morgan fingerprint density at radius 1 is 1.11 bits per heavy atom. The summed E-state index contributed by atoms with van der Waals surface area (Å²) in [6.45, 7) is 6.28. The Kier molecular flexibility index (Phi) is 5.76. The van der Waals surface area contributed by atoms with E-state index in [2.05, 4.69) is 11.4 Å². The van der Waals surface area contributed by atoms with Gasteiger partial charge in [0.2, 0.25) is 5.91 Å². The highest BCUT2D eigenvalue weighted by atomic mass is 32.1. The van der Waals surface area contributed by atoms with Crippen LogP contribution in [0.15, 0.2) is 53.1 Å². The summed E-state index contributed by atoms with van der Waals surface area (Å²) in [5.74, 6) is 0.457. The molecule has 5 nitrogen and oxygen atoms in total. The molecule has 0 aliphatic carbocycles. The van der Waals surface area contributed by atoms with Crippen LogP contribution in [0.4, 0.5) is 5.69 Å². The monoisotopic (exact) mass is 382 g/mol. The molecular formula is C21H22N2O3S. The molecule has 0 saturated heterocycles. The van der Waals surface area contributed by atoms with E-state index >= 15 is 0 Å². The first-order valence-corrected chi connectivity index (χ1v) is 9.49. The molecule has 0 aliphatic heterocycles. The SMILES string of the molecule is CC(=O)Nc1cc(C(=O)N(Cc2ccco2)Cc2ccc(C)s2)ccc1C. The van der Waals surface area contributed by atoms with E-state index in [0.29, 0.717) is 24.3 Å². The minimum absolute atomic E-state index is 0.107. The molecule has 0 saturated carbocycles. The second-order valence-electron chi connectivity index (χ2n) is 6.46. The highest BCUT2D eigenvalue weighted by Gasteiger charge is 2.19. The molecule has 6 heteroatoms. The van der Waals surface area contributed by atoms with Crippen LogP contribution in [0.1, 0.15) is 38.4 Å². The fourth-order valence-corrected chi connectivity index (χ4v) is 3.72. The van der Waals surface area contributed by atoms with E-state index < -0.39 is 0 Å². The third-order valence-corrected chi connectivity index (χ3v) is 5.14. The van der Waals surface area contributed by atoms with E-state index in [4.69, 9.17) is 4.42 Å². The summed E-state index contributed by atoms with van der Waals surface area (Å²) >= 11 is 1.67. The van der Waals surface area contributed by atoms with Crippen molar-refractivity contribution in [2.45, 2.75) is 33.9 Å². The summed E-state index contributed by atoms with van der Waals surface area (Å²) in [6, 6.07) is 13.1. The van der Waals surface area contributed by atoms with Crippen molar-refractivity contribution >= 4 is 28.8 Å². The second-order valence-corrected chi connectivity index (χ2v) is 7.84. The van der Waals surface area contributed by atoms with Gasteiger partial charge in [-0.3, -0.25) is 9.59 Å². The van der Waals surface area contributed by atoms with E-state index in [1.165, 1.54) is 11.8 Å². The fraction of sp³-hybridized carbons (Fsp3) is 0.238. The maximum absolute atomic E-state index is 13.2. The first kappa shape index (κ1) is 18.9. The van der Waals surface area contributed by atoms with Gasteiger partial charge in [-0.05, 0) is 55.8 Å². The highest BCUT2D eigenvalue weighted by molar-refractivity contribution is 7.11. The summed E-state index contributed by atoms with van der Waals surface area (Å²) in [7, 11) is 0. The molecule has 0 radical (unpaired) electrons. The molecule has 27 heavy (non-hydrogen) atoms. The summed E-state index contributed by atoms with van der Waals surface area (Å²) < 4.78 is 5.44. The van der Waals surface area contributed by atoms with E-state index in [-0.39, 0.29) is 11.8 Å². The van der Waals surface area contributed by atoms with Gasteiger partial charge in [-0.2, -0.15) is 0 Å². The maximum Gasteiger partial charge on any atom is 0.254 e. The van der Waals surface area contributed by atoms with Crippen LogP contribution >= 0.6 is 11.3 Å². The molecule has 0 bridgehead atoms. The number of nitrogens with one attached hydrogen (secondary N) is 1. The lowest BCUT2D eigenvalue weighted by molar-refractivity contribution is -0.114. The van der Waals surface area contributed by atoms with Gasteiger partial charge in [-0.25, -0.2) is 0 Å². The molecule has 0 atom stereocenters. The van der Waals surface area contributed by atoms with Crippen molar-refractivity contribution in [2.75, 3.05) is 5.32 Å². The van der Waals surface area contributed by atoms with Gasteiger partial charge in [-0.1, -0.05) is 6.07 Å². The van der Waals surface area contributed by atoms with Crippen molar-refractivity contribution in [3.05, 3.63) is 75.4 Å². The number of carbonyl (C=O) groups is 2. The zero-order valence-electron chi connectivity index (χ0n) is 15.6.